The first-order valence-corrected chi connectivity index (χ1v) is 6.41. The van der Waals surface area contributed by atoms with Crippen molar-refractivity contribution in [2.24, 2.45) is 0 Å². The van der Waals surface area contributed by atoms with E-state index in [0.29, 0.717) is 12.8 Å². The minimum absolute atomic E-state index is 0.139. The Morgan fingerprint density at radius 1 is 1.39 bits per heavy atom. The van der Waals surface area contributed by atoms with Gasteiger partial charge in [-0.15, -0.1) is 0 Å². The average Bonchev–Trinajstić information content (AvgIpc) is 2.27. The molecular weight excluding hydrogens is 226 g/mol. The van der Waals surface area contributed by atoms with Gasteiger partial charge >= 0.3 is 5.97 Å². The Morgan fingerprint density at radius 3 is 2.67 bits per heavy atom. The molecule has 1 aromatic carbocycles. The van der Waals surface area contributed by atoms with Gasteiger partial charge in [0.2, 0.25) is 0 Å². The Kier molecular flexibility index (Phi) is 3.20. The number of benzene rings is 1. The molecule has 0 saturated carbocycles. The quantitative estimate of drug-likeness (QED) is 0.844. The highest BCUT2D eigenvalue weighted by molar-refractivity contribution is 5.82. The molecule has 0 aromatic heterocycles. The molecule has 98 valence electrons. The summed E-state index contributed by atoms with van der Waals surface area (Å²) < 4.78 is 0. The number of rotatable bonds is 2. The average molecular weight is 247 g/mol. The highest BCUT2D eigenvalue weighted by Gasteiger charge is 2.46. The van der Waals surface area contributed by atoms with Crippen molar-refractivity contribution in [1.82, 2.24) is 5.32 Å². The maximum absolute atomic E-state index is 11.8. The lowest BCUT2D eigenvalue weighted by atomic mass is 9.67. The number of carbonyl (C=O) groups is 1. The second-order valence-corrected chi connectivity index (χ2v) is 5.99. The van der Waals surface area contributed by atoms with E-state index in [9.17, 15) is 9.90 Å². The third-order valence-corrected chi connectivity index (χ3v) is 3.88. The third kappa shape index (κ3) is 2.27. The fourth-order valence-corrected chi connectivity index (χ4v) is 3.01. The standard InChI is InChI=1S/C15H21NO2/c1-11-5-4-6-12(9-11)15(13(17)18)7-8-16-14(2,3)10-15/h4-6,9,16H,7-8,10H2,1-3H3,(H,17,18). The van der Waals surface area contributed by atoms with E-state index < -0.39 is 11.4 Å². The molecule has 0 aliphatic carbocycles. The maximum Gasteiger partial charge on any atom is 0.314 e. The predicted molar refractivity (Wildman–Crippen MR) is 71.8 cm³/mol. The van der Waals surface area contributed by atoms with E-state index in [1.807, 2.05) is 31.2 Å². The molecule has 2 N–H and O–H groups in total. The van der Waals surface area contributed by atoms with Crippen LogP contribution in [0, 0.1) is 6.92 Å². The van der Waals surface area contributed by atoms with Crippen molar-refractivity contribution in [2.75, 3.05) is 6.54 Å². The van der Waals surface area contributed by atoms with E-state index in [0.717, 1.165) is 17.7 Å². The first kappa shape index (κ1) is 13.1. The van der Waals surface area contributed by atoms with Crippen LogP contribution in [0.15, 0.2) is 24.3 Å². The van der Waals surface area contributed by atoms with Crippen LogP contribution >= 0.6 is 0 Å². The summed E-state index contributed by atoms with van der Waals surface area (Å²) in [5.41, 5.74) is 1.16. The highest BCUT2D eigenvalue weighted by atomic mass is 16.4. The number of aryl methyl sites for hydroxylation is 1. The van der Waals surface area contributed by atoms with Gasteiger partial charge in [-0.2, -0.15) is 0 Å². The van der Waals surface area contributed by atoms with E-state index in [1.54, 1.807) is 0 Å². The smallest absolute Gasteiger partial charge is 0.314 e. The van der Waals surface area contributed by atoms with E-state index >= 15 is 0 Å². The fourth-order valence-electron chi connectivity index (χ4n) is 3.01. The summed E-state index contributed by atoms with van der Waals surface area (Å²) in [6.45, 7) is 6.89. The van der Waals surface area contributed by atoms with Gasteiger partial charge in [0, 0.05) is 5.54 Å². The van der Waals surface area contributed by atoms with Crippen molar-refractivity contribution in [2.45, 2.75) is 44.6 Å². The SMILES string of the molecule is Cc1cccc(C2(C(=O)O)CCNC(C)(C)C2)c1. The number of piperidine rings is 1. The monoisotopic (exact) mass is 247 g/mol. The molecule has 0 radical (unpaired) electrons. The van der Waals surface area contributed by atoms with Crippen LogP contribution in [0.25, 0.3) is 0 Å². The summed E-state index contributed by atoms with van der Waals surface area (Å²) in [5.74, 6) is -0.706. The molecule has 1 aliphatic rings. The van der Waals surface area contributed by atoms with Gasteiger partial charge in [-0.3, -0.25) is 4.79 Å². The van der Waals surface area contributed by atoms with Crippen LogP contribution in [0.1, 0.15) is 37.8 Å². The van der Waals surface area contributed by atoms with E-state index in [2.05, 4.69) is 19.2 Å². The normalized spacial score (nSPS) is 26.8. The molecular formula is C15H21NO2. The number of nitrogens with one attached hydrogen (secondary N) is 1. The first-order chi connectivity index (χ1) is 8.36. The van der Waals surface area contributed by atoms with Gasteiger partial charge < -0.3 is 10.4 Å². The van der Waals surface area contributed by atoms with Gasteiger partial charge in [-0.1, -0.05) is 29.8 Å². The number of carboxylic acids is 1. The maximum atomic E-state index is 11.8. The Morgan fingerprint density at radius 2 is 2.11 bits per heavy atom. The van der Waals surface area contributed by atoms with Crippen LogP contribution in [-0.2, 0) is 10.2 Å². The molecule has 1 unspecified atom stereocenters. The second-order valence-electron chi connectivity index (χ2n) is 5.99. The van der Waals surface area contributed by atoms with Crippen molar-refractivity contribution in [1.29, 1.82) is 0 Å². The number of carboxylic acid groups (broad SMARTS) is 1. The molecule has 3 nitrogen and oxygen atoms in total. The summed E-state index contributed by atoms with van der Waals surface area (Å²) in [6, 6.07) is 7.91. The van der Waals surface area contributed by atoms with E-state index in [-0.39, 0.29) is 5.54 Å². The van der Waals surface area contributed by atoms with Crippen LogP contribution in [0.2, 0.25) is 0 Å². The van der Waals surface area contributed by atoms with Crippen LogP contribution < -0.4 is 5.32 Å². The first-order valence-electron chi connectivity index (χ1n) is 6.41. The lowest BCUT2D eigenvalue weighted by Crippen LogP contribution is -2.55. The van der Waals surface area contributed by atoms with Crippen molar-refractivity contribution < 1.29 is 9.90 Å². The molecule has 18 heavy (non-hydrogen) atoms. The Hall–Kier alpha value is -1.35. The molecule has 3 heteroatoms. The van der Waals surface area contributed by atoms with Crippen LogP contribution in [0.4, 0.5) is 0 Å². The number of hydrogen-bond donors (Lipinski definition) is 2. The predicted octanol–water partition coefficient (Wildman–Crippen LogP) is 2.48. The zero-order chi connectivity index (χ0) is 13.4. The zero-order valence-electron chi connectivity index (χ0n) is 11.3. The van der Waals surface area contributed by atoms with Crippen molar-refractivity contribution in [3.8, 4) is 0 Å². The minimum Gasteiger partial charge on any atom is -0.481 e. The molecule has 1 aliphatic heterocycles. The van der Waals surface area contributed by atoms with Crippen molar-refractivity contribution in [3.05, 3.63) is 35.4 Å². The van der Waals surface area contributed by atoms with Crippen LogP contribution in [0.3, 0.4) is 0 Å². The molecule has 0 spiro atoms. The Labute approximate surface area is 108 Å². The molecule has 0 bridgehead atoms. The van der Waals surface area contributed by atoms with Gasteiger partial charge in [0.15, 0.2) is 0 Å². The van der Waals surface area contributed by atoms with Crippen molar-refractivity contribution >= 4 is 5.97 Å². The van der Waals surface area contributed by atoms with Crippen LogP contribution in [0.5, 0.6) is 0 Å². The summed E-state index contributed by atoms with van der Waals surface area (Å²) in [5, 5.41) is 13.1. The van der Waals surface area contributed by atoms with E-state index in [4.69, 9.17) is 0 Å². The molecule has 1 saturated heterocycles. The Bertz CT molecular complexity index is 467. The molecule has 1 heterocycles. The topological polar surface area (TPSA) is 49.3 Å². The second kappa shape index (κ2) is 4.39. The lowest BCUT2D eigenvalue weighted by molar-refractivity contribution is -0.146. The molecule has 0 amide bonds. The van der Waals surface area contributed by atoms with Gasteiger partial charge in [0.25, 0.3) is 0 Å². The third-order valence-electron chi connectivity index (χ3n) is 3.88. The fraction of sp³-hybridized carbons (Fsp3) is 0.533. The van der Waals surface area contributed by atoms with Gasteiger partial charge in [-0.25, -0.2) is 0 Å². The molecule has 1 fully saturated rings. The summed E-state index contributed by atoms with van der Waals surface area (Å²) in [4.78, 5) is 11.8. The van der Waals surface area contributed by atoms with Crippen LogP contribution in [-0.4, -0.2) is 23.2 Å². The van der Waals surface area contributed by atoms with Gasteiger partial charge in [0.1, 0.15) is 0 Å². The minimum atomic E-state index is -0.749. The zero-order valence-corrected chi connectivity index (χ0v) is 11.3. The summed E-state index contributed by atoms with van der Waals surface area (Å²) in [7, 11) is 0. The summed E-state index contributed by atoms with van der Waals surface area (Å²) >= 11 is 0. The lowest BCUT2D eigenvalue weighted by Gasteiger charge is -2.43. The number of aliphatic carboxylic acids is 1. The molecule has 2 rings (SSSR count). The van der Waals surface area contributed by atoms with Gasteiger partial charge in [0.05, 0.1) is 5.41 Å². The Balaban J connectivity index is 2.48. The molecule has 1 atom stereocenters. The van der Waals surface area contributed by atoms with Crippen molar-refractivity contribution in [3.63, 3.8) is 0 Å². The highest BCUT2D eigenvalue weighted by Crippen LogP contribution is 2.39. The molecule has 1 aromatic rings. The largest absolute Gasteiger partial charge is 0.481 e. The van der Waals surface area contributed by atoms with E-state index in [1.165, 1.54) is 0 Å². The van der Waals surface area contributed by atoms with Gasteiger partial charge in [-0.05, 0) is 45.7 Å². The summed E-state index contributed by atoms with van der Waals surface area (Å²) in [6.07, 6.45) is 1.27. The number of hydrogen-bond acceptors (Lipinski definition) is 2.